The molecular weight excluding hydrogens is 214 g/mol. The summed E-state index contributed by atoms with van der Waals surface area (Å²) in [6.07, 6.45) is 4.43. The monoisotopic (exact) mass is 239 g/mol. The summed E-state index contributed by atoms with van der Waals surface area (Å²) in [5.41, 5.74) is -0.196. The zero-order chi connectivity index (χ0) is 12.3. The van der Waals surface area contributed by atoms with Crippen molar-refractivity contribution < 1.29 is 9.53 Å². The van der Waals surface area contributed by atoms with Gasteiger partial charge in [0.2, 0.25) is 0 Å². The minimum absolute atomic E-state index is 0.140. The molecule has 2 heterocycles. The molecule has 2 fully saturated rings. The Kier molecular flexibility index (Phi) is 4.21. The van der Waals surface area contributed by atoms with Crippen LogP contribution in [0.3, 0.4) is 0 Å². The zero-order valence-corrected chi connectivity index (χ0v) is 11.1. The number of piperidine rings is 1. The number of rotatable bonds is 3. The van der Waals surface area contributed by atoms with E-state index >= 15 is 0 Å². The van der Waals surface area contributed by atoms with Crippen molar-refractivity contribution in [3.63, 3.8) is 0 Å². The summed E-state index contributed by atoms with van der Waals surface area (Å²) in [7, 11) is 0. The molecule has 0 radical (unpaired) electrons. The van der Waals surface area contributed by atoms with E-state index < -0.39 is 0 Å². The third kappa shape index (κ3) is 2.89. The Hall–Kier alpha value is -0.410. The average Bonchev–Trinajstić information content (AvgIpc) is 2.40. The summed E-state index contributed by atoms with van der Waals surface area (Å²) >= 11 is 0. The molecule has 2 aliphatic heterocycles. The van der Waals surface area contributed by atoms with Gasteiger partial charge in [0.15, 0.2) is 0 Å². The first kappa shape index (κ1) is 13.0. The van der Waals surface area contributed by atoms with E-state index in [2.05, 4.69) is 19.2 Å². The molecule has 3 heteroatoms. The van der Waals surface area contributed by atoms with Gasteiger partial charge in [0, 0.05) is 17.9 Å². The van der Waals surface area contributed by atoms with Crippen molar-refractivity contribution in [1.29, 1.82) is 0 Å². The topological polar surface area (TPSA) is 38.3 Å². The lowest BCUT2D eigenvalue weighted by molar-refractivity contribution is -0.138. The number of hydrogen-bond acceptors (Lipinski definition) is 3. The first-order valence-electron chi connectivity index (χ1n) is 6.95. The maximum absolute atomic E-state index is 12.6. The molecular formula is C14H25NO2. The van der Waals surface area contributed by atoms with Crippen molar-refractivity contribution in [2.45, 2.75) is 39.5 Å². The van der Waals surface area contributed by atoms with Crippen molar-refractivity contribution in [2.75, 3.05) is 26.3 Å². The van der Waals surface area contributed by atoms with Gasteiger partial charge in [0.05, 0.1) is 6.61 Å². The fourth-order valence-corrected chi connectivity index (χ4v) is 3.14. The lowest BCUT2D eigenvalue weighted by atomic mass is 9.68. The lowest BCUT2D eigenvalue weighted by Crippen LogP contribution is -2.46. The molecule has 3 nitrogen and oxygen atoms in total. The predicted octanol–water partition coefficient (Wildman–Crippen LogP) is 2.01. The molecule has 0 aromatic rings. The van der Waals surface area contributed by atoms with Crippen LogP contribution in [-0.2, 0) is 9.53 Å². The fourth-order valence-electron chi connectivity index (χ4n) is 3.14. The quantitative estimate of drug-likeness (QED) is 0.818. The highest BCUT2D eigenvalue weighted by molar-refractivity contribution is 5.86. The zero-order valence-electron chi connectivity index (χ0n) is 11.1. The van der Waals surface area contributed by atoms with E-state index in [0.717, 1.165) is 32.5 Å². The molecule has 0 bridgehead atoms. The van der Waals surface area contributed by atoms with Gasteiger partial charge < -0.3 is 10.1 Å². The molecule has 0 spiro atoms. The maximum atomic E-state index is 12.6. The molecule has 2 rings (SSSR count). The second-order valence-corrected chi connectivity index (χ2v) is 6.04. The second kappa shape index (κ2) is 5.49. The number of ketones is 1. The van der Waals surface area contributed by atoms with E-state index in [4.69, 9.17) is 4.74 Å². The van der Waals surface area contributed by atoms with Crippen LogP contribution in [0, 0.1) is 17.3 Å². The highest BCUT2D eigenvalue weighted by atomic mass is 16.5. The summed E-state index contributed by atoms with van der Waals surface area (Å²) in [5, 5.41) is 3.42. The second-order valence-electron chi connectivity index (χ2n) is 6.04. The number of hydrogen-bond donors (Lipinski definition) is 1. The van der Waals surface area contributed by atoms with E-state index in [1.54, 1.807) is 0 Å². The van der Waals surface area contributed by atoms with Crippen molar-refractivity contribution in [2.24, 2.45) is 17.3 Å². The summed E-state index contributed by atoms with van der Waals surface area (Å²) < 4.78 is 5.45. The van der Waals surface area contributed by atoms with Crippen LogP contribution >= 0.6 is 0 Å². The molecule has 2 aliphatic rings. The van der Waals surface area contributed by atoms with Gasteiger partial charge in [-0.05, 0) is 44.7 Å². The van der Waals surface area contributed by atoms with Crippen molar-refractivity contribution in [1.82, 2.24) is 5.32 Å². The Morgan fingerprint density at radius 2 is 2.12 bits per heavy atom. The van der Waals surface area contributed by atoms with Gasteiger partial charge in [-0.15, -0.1) is 0 Å². The van der Waals surface area contributed by atoms with Crippen LogP contribution in [-0.4, -0.2) is 32.1 Å². The molecule has 0 aromatic heterocycles. The predicted molar refractivity (Wildman–Crippen MR) is 67.9 cm³/mol. The van der Waals surface area contributed by atoms with Gasteiger partial charge in [0.25, 0.3) is 0 Å². The highest BCUT2D eigenvalue weighted by Crippen LogP contribution is 2.36. The molecule has 2 unspecified atom stereocenters. The van der Waals surface area contributed by atoms with Crippen LogP contribution in [0.5, 0.6) is 0 Å². The largest absolute Gasteiger partial charge is 0.381 e. The van der Waals surface area contributed by atoms with Crippen LogP contribution in [0.25, 0.3) is 0 Å². The number of carbonyl (C=O) groups is 1. The van der Waals surface area contributed by atoms with Gasteiger partial charge in [-0.2, -0.15) is 0 Å². The van der Waals surface area contributed by atoms with E-state index in [-0.39, 0.29) is 11.3 Å². The smallest absolute Gasteiger partial charge is 0.144 e. The number of ether oxygens (including phenoxy) is 1. The first-order chi connectivity index (χ1) is 8.12. The van der Waals surface area contributed by atoms with Gasteiger partial charge in [-0.1, -0.05) is 13.8 Å². The van der Waals surface area contributed by atoms with E-state index in [1.165, 1.54) is 12.8 Å². The van der Waals surface area contributed by atoms with E-state index in [9.17, 15) is 4.79 Å². The van der Waals surface area contributed by atoms with Crippen molar-refractivity contribution in [3.05, 3.63) is 0 Å². The van der Waals surface area contributed by atoms with Gasteiger partial charge in [-0.3, -0.25) is 4.79 Å². The number of nitrogens with one attached hydrogen (secondary N) is 1. The molecule has 17 heavy (non-hydrogen) atoms. The minimum atomic E-state index is -0.196. The van der Waals surface area contributed by atoms with Crippen LogP contribution in [0.15, 0.2) is 0 Å². The van der Waals surface area contributed by atoms with E-state index in [1.807, 2.05) is 0 Å². The first-order valence-corrected chi connectivity index (χ1v) is 6.95. The SMILES string of the molecule is CC(C)(C(=O)C1CCCOC1)C1CCCNC1. The lowest BCUT2D eigenvalue weighted by Gasteiger charge is -2.39. The molecule has 2 atom stereocenters. The van der Waals surface area contributed by atoms with Gasteiger partial charge in [0.1, 0.15) is 5.78 Å². The van der Waals surface area contributed by atoms with Crippen LogP contribution in [0.2, 0.25) is 0 Å². The van der Waals surface area contributed by atoms with Crippen molar-refractivity contribution in [3.8, 4) is 0 Å². The normalized spacial score (nSPS) is 31.2. The number of Topliss-reactive ketones (excluding diaryl/α,β-unsaturated/α-hetero) is 1. The summed E-state index contributed by atoms with van der Waals surface area (Å²) in [4.78, 5) is 12.6. The average molecular weight is 239 g/mol. The van der Waals surface area contributed by atoms with Crippen molar-refractivity contribution >= 4 is 5.78 Å². The third-order valence-corrected chi connectivity index (χ3v) is 4.48. The minimum Gasteiger partial charge on any atom is -0.381 e. The Morgan fingerprint density at radius 3 is 2.71 bits per heavy atom. The Bertz CT molecular complexity index is 263. The molecule has 0 amide bonds. The Morgan fingerprint density at radius 1 is 1.29 bits per heavy atom. The molecule has 2 saturated heterocycles. The van der Waals surface area contributed by atoms with Crippen LogP contribution in [0.1, 0.15) is 39.5 Å². The fraction of sp³-hybridized carbons (Fsp3) is 0.929. The molecule has 0 aromatic carbocycles. The summed E-state index contributed by atoms with van der Waals surface area (Å²) in [5.74, 6) is 1.05. The standard InChI is InChI=1S/C14H25NO2/c1-14(2,12-6-3-7-15-9-12)13(16)11-5-4-8-17-10-11/h11-12,15H,3-10H2,1-2H3. The molecule has 98 valence electrons. The van der Waals surface area contributed by atoms with Gasteiger partial charge in [-0.25, -0.2) is 0 Å². The van der Waals surface area contributed by atoms with Gasteiger partial charge >= 0.3 is 0 Å². The summed E-state index contributed by atoms with van der Waals surface area (Å²) in [6, 6.07) is 0. The third-order valence-electron chi connectivity index (χ3n) is 4.48. The molecule has 1 N–H and O–H groups in total. The van der Waals surface area contributed by atoms with E-state index in [0.29, 0.717) is 18.3 Å². The number of carbonyl (C=O) groups excluding carboxylic acids is 1. The molecule has 0 aliphatic carbocycles. The maximum Gasteiger partial charge on any atom is 0.144 e. The van der Waals surface area contributed by atoms with Crippen LogP contribution < -0.4 is 5.32 Å². The van der Waals surface area contributed by atoms with Crippen LogP contribution in [0.4, 0.5) is 0 Å². The Balaban J connectivity index is 1.99. The Labute approximate surface area is 104 Å². The highest BCUT2D eigenvalue weighted by Gasteiger charge is 2.40. The molecule has 0 saturated carbocycles. The summed E-state index contributed by atoms with van der Waals surface area (Å²) in [6.45, 7) is 7.82.